The van der Waals surface area contributed by atoms with Crippen LogP contribution in [0.2, 0.25) is 0 Å². The van der Waals surface area contributed by atoms with Crippen molar-refractivity contribution in [1.29, 1.82) is 5.26 Å². The number of nitriles is 1. The Kier molecular flexibility index (Phi) is 2.11. The quantitative estimate of drug-likeness (QED) is 0.673. The van der Waals surface area contributed by atoms with E-state index in [2.05, 4.69) is 15.9 Å². The molecular formula is C7H4BrFN2. The summed E-state index contributed by atoms with van der Waals surface area (Å²) in [5.41, 5.74) is 5.16. The lowest BCUT2D eigenvalue weighted by Crippen LogP contribution is -1.94. The molecule has 0 unspecified atom stereocenters. The Bertz CT molecular complexity index is 330. The van der Waals surface area contributed by atoms with Crippen LogP contribution in [0.25, 0.3) is 0 Å². The molecule has 0 atom stereocenters. The number of nitrogens with two attached hydrogens (primary N) is 1. The van der Waals surface area contributed by atoms with Crippen LogP contribution < -0.4 is 5.73 Å². The fraction of sp³-hybridized carbons (Fsp3) is 0. The van der Waals surface area contributed by atoms with Gasteiger partial charge in [0.05, 0.1) is 5.69 Å². The summed E-state index contributed by atoms with van der Waals surface area (Å²) < 4.78 is 13.3. The van der Waals surface area contributed by atoms with E-state index < -0.39 is 5.82 Å². The zero-order chi connectivity index (χ0) is 8.43. The van der Waals surface area contributed by atoms with Gasteiger partial charge in [-0.15, -0.1) is 0 Å². The van der Waals surface area contributed by atoms with Crippen molar-refractivity contribution in [1.82, 2.24) is 0 Å². The molecule has 1 rings (SSSR count). The molecule has 0 spiro atoms. The summed E-state index contributed by atoms with van der Waals surface area (Å²) >= 11 is 3.02. The number of benzene rings is 1. The summed E-state index contributed by atoms with van der Waals surface area (Å²) in [6.07, 6.45) is 0. The lowest BCUT2D eigenvalue weighted by atomic mass is 10.2. The summed E-state index contributed by atoms with van der Waals surface area (Å²) in [4.78, 5) is 0. The van der Waals surface area contributed by atoms with Crippen molar-refractivity contribution in [3.05, 3.63) is 28.0 Å². The lowest BCUT2D eigenvalue weighted by Gasteiger charge is -1.98. The van der Waals surface area contributed by atoms with Crippen molar-refractivity contribution in [3.63, 3.8) is 0 Å². The summed E-state index contributed by atoms with van der Waals surface area (Å²) in [6, 6.07) is 4.64. The van der Waals surface area contributed by atoms with Gasteiger partial charge in [0.25, 0.3) is 0 Å². The molecule has 0 heterocycles. The first-order valence-electron chi connectivity index (χ1n) is 2.80. The maximum absolute atomic E-state index is 12.9. The largest absolute Gasteiger partial charge is 0.396 e. The van der Waals surface area contributed by atoms with Gasteiger partial charge in [0.2, 0.25) is 0 Å². The zero-order valence-electron chi connectivity index (χ0n) is 5.44. The maximum atomic E-state index is 12.9. The maximum Gasteiger partial charge on any atom is 0.164 e. The zero-order valence-corrected chi connectivity index (χ0v) is 7.02. The van der Waals surface area contributed by atoms with Crippen molar-refractivity contribution >= 4 is 21.6 Å². The first-order chi connectivity index (χ1) is 5.16. The molecule has 56 valence electrons. The van der Waals surface area contributed by atoms with Crippen LogP contribution in [0.15, 0.2) is 16.6 Å². The molecule has 1 aromatic rings. The van der Waals surface area contributed by atoms with Crippen LogP contribution in [-0.2, 0) is 0 Å². The second-order valence-corrected chi connectivity index (χ2v) is 2.79. The summed E-state index contributed by atoms with van der Waals surface area (Å²) in [6.45, 7) is 0. The van der Waals surface area contributed by atoms with E-state index in [1.165, 1.54) is 12.1 Å². The van der Waals surface area contributed by atoms with Gasteiger partial charge in [-0.2, -0.15) is 5.26 Å². The van der Waals surface area contributed by atoms with Crippen molar-refractivity contribution in [2.75, 3.05) is 5.73 Å². The van der Waals surface area contributed by atoms with Crippen LogP contribution in [0.4, 0.5) is 10.1 Å². The van der Waals surface area contributed by atoms with Gasteiger partial charge in [0, 0.05) is 4.47 Å². The highest BCUT2D eigenvalue weighted by Gasteiger charge is 2.08. The Morgan fingerprint density at radius 2 is 2.18 bits per heavy atom. The molecule has 0 bridgehead atoms. The predicted octanol–water partition coefficient (Wildman–Crippen LogP) is 2.04. The van der Waals surface area contributed by atoms with Gasteiger partial charge >= 0.3 is 0 Å². The van der Waals surface area contributed by atoms with Crippen LogP contribution in [-0.4, -0.2) is 0 Å². The van der Waals surface area contributed by atoms with Crippen molar-refractivity contribution < 1.29 is 4.39 Å². The van der Waals surface area contributed by atoms with Gasteiger partial charge in [0.15, 0.2) is 5.82 Å². The van der Waals surface area contributed by atoms with Gasteiger partial charge in [-0.25, -0.2) is 4.39 Å². The van der Waals surface area contributed by atoms with E-state index in [1.54, 1.807) is 6.07 Å². The van der Waals surface area contributed by atoms with Crippen LogP contribution >= 0.6 is 15.9 Å². The molecule has 0 aliphatic rings. The molecule has 0 saturated heterocycles. The number of anilines is 1. The minimum atomic E-state index is -0.665. The van der Waals surface area contributed by atoms with E-state index in [0.717, 1.165) is 0 Å². The van der Waals surface area contributed by atoms with Crippen LogP contribution in [0.3, 0.4) is 0 Å². The fourth-order valence-electron chi connectivity index (χ4n) is 0.671. The molecule has 0 amide bonds. The molecule has 0 saturated carbocycles. The molecule has 2 N–H and O–H groups in total. The Morgan fingerprint density at radius 1 is 1.55 bits per heavy atom. The SMILES string of the molecule is N#Cc1c(Br)ccc(N)c1F. The first kappa shape index (κ1) is 8.02. The third kappa shape index (κ3) is 1.33. The van der Waals surface area contributed by atoms with Gasteiger partial charge in [-0.3, -0.25) is 0 Å². The number of hydrogen-bond donors (Lipinski definition) is 1. The molecule has 1 aromatic carbocycles. The third-order valence-corrected chi connectivity index (χ3v) is 1.89. The highest BCUT2D eigenvalue weighted by Crippen LogP contribution is 2.22. The monoisotopic (exact) mass is 214 g/mol. The van der Waals surface area contributed by atoms with Gasteiger partial charge < -0.3 is 5.73 Å². The molecule has 2 nitrogen and oxygen atoms in total. The Hall–Kier alpha value is -1.08. The number of hydrogen-bond acceptors (Lipinski definition) is 2. The lowest BCUT2D eigenvalue weighted by molar-refractivity contribution is 0.627. The first-order valence-corrected chi connectivity index (χ1v) is 3.59. The average molecular weight is 215 g/mol. The summed E-state index contributed by atoms with van der Waals surface area (Å²) in [7, 11) is 0. The Labute approximate surface area is 71.6 Å². The van der Waals surface area contributed by atoms with Gasteiger partial charge in [-0.1, -0.05) is 0 Å². The number of rotatable bonds is 0. The molecule has 0 aromatic heterocycles. The molecule has 0 aliphatic heterocycles. The Balaban J connectivity index is 3.44. The number of nitrogen functional groups attached to an aromatic ring is 1. The highest BCUT2D eigenvalue weighted by molar-refractivity contribution is 9.10. The van der Waals surface area contributed by atoms with Crippen LogP contribution in [0.1, 0.15) is 5.56 Å². The van der Waals surface area contributed by atoms with Crippen LogP contribution in [0, 0.1) is 17.1 Å². The van der Waals surface area contributed by atoms with E-state index in [9.17, 15) is 4.39 Å². The molecule has 11 heavy (non-hydrogen) atoms. The summed E-state index contributed by atoms with van der Waals surface area (Å²) in [5, 5.41) is 8.45. The molecule has 4 heteroatoms. The van der Waals surface area contributed by atoms with Crippen molar-refractivity contribution in [2.45, 2.75) is 0 Å². The van der Waals surface area contributed by atoms with Crippen molar-refractivity contribution in [2.24, 2.45) is 0 Å². The number of halogens is 2. The Morgan fingerprint density at radius 3 is 2.64 bits per heavy atom. The third-order valence-electron chi connectivity index (χ3n) is 1.23. The van der Waals surface area contributed by atoms with E-state index in [-0.39, 0.29) is 11.3 Å². The smallest absolute Gasteiger partial charge is 0.164 e. The second-order valence-electron chi connectivity index (χ2n) is 1.94. The van der Waals surface area contributed by atoms with E-state index >= 15 is 0 Å². The number of nitrogens with zero attached hydrogens (tertiary/aromatic N) is 1. The fourth-order valence-corrected chi connectivity index (χ4v) is 1.07. The standard InChI is InChI=1S/C7H4BrFN2/c8-5-1-2-6(11)7(9)4(5)3-10/h1-2H,11H2. The molecule has 0 radical (unpaired) electrons. The van der Waals surface area contributed by atoms with Gasteiger partial charge in [0.1, 0.15) is 11.6 Å². The normalized spacial score (nSPS) is 9.18. The molecule has 0 fully saturated rings. The second kappa shape index (κ2) is 2.89. The highest BCUT2D eigenvalue weighted by atomic mass is 79.9. The summed E-state index contributed by atoms with van der Waals surface area (Å²) in [5.74, 6) is -0.665. The average Bonchev–Trinajstić information content (AvgIpc) is 1.99. The molecular weight excluding hydrogens is 211 g/mol. The van der Waals surface area contributed by atoms with E-state index in [1.807, 2.05) is 0 Å². The van der Waals surface area contributed by atoms with Crippen LogP contribution in [0.5, 0.6) is 0 Å². The minimum Gasteiger partial charge on any atom is -0.396 e. The topological polar surface area (TPSA) is 49.8 Å². The van der Waals surface area contributed by atoms with Crippen molar-refractivity contribution in [3.8, 4) is 6.07 Å². The predicted molar refractivity (Wildman–Crippen MR) is 43.2 cm³/mol. The van der Waals surface area contributed by atoms with E-state index in [4.69, 9.17) is 11.0 Å². The van der Waals surface area contributed by atoms with Gasteiger partial charge in [-0.05, 0) is 28.1 Å². The molecule has 0 aliphatic carbocycles. The minimum absolute atomic E-state index is 0.00949. The van der Waals surface area contributed by atoms with E-state index in [0.29, 0.717) is 4.47 Å².